The van der Waals surface area contributed by atoms with Gasteiger partial charge in [-0.15, -0.1) is 9.60 Å². The molecular weight excluding hydrogens is 532 g/mol. The van der Waals surface area contributed by atoms with Gasteiger partial charge in [-0.2, -0.15) is 0 Å². The predicted octanol–water partition coefficient (Wildman–Crippen LogP) is 4.74. The second kappa shape index (κ2) is 10.4. The topological polar surface area (TPSA) is 104 Å². The number of aliphatic hydroxyl groups is 1. The first kappa shape index (κ1) is 28.4. The number of nitrogens with zero attached hydrogens (tertiary/aromatic N) is 2. The highest BCUT2D eigenvalue weighted by Gasteiger charge is 2.62. The summed E-state index contributed by atoms with van der Waals surface area (Å²) in [5.74, 6) is -3.29. The number of carboxylic acid groups (broad SMARTS) is 1. The number of aliphatic carboxylic acids is 1. The van der Waals surface area contributed by atoms with Gasteiger partial charge in [0.05, 0.1) is 24.1 Å². The molecule has 2 heterocycles. The van der Waals surface area contributed by atoms with E-state index in [1.54, 1.807) is 18.2 Å². The number of ketones is 1. The van der Waals surface area contributed by atoms with Crippen molar-refractivity contribution < 1.29 is 29.3 Å². The summed E-state index contributed by atoms with van der Waals surface area (Å²) in [5.41, 5.74) is 1.52. The van der Waals surface area contributed by atoms with E-state index in [0.29, 0.717) is 16.3 Å². The van der Waals surface area contributed by atoms with Crippen LogP contribution >= 0.6 is 11.6 Å². The van der Waals surface area contributed by atoms with Crippen molar-refractivity contribution in [3.8, 4) is 0 Å². The number of aliphatic hydroxyl groups excluding tert-OH is 1. The van der Waals surface area contributed by atoms with Gasteiger partial charge in [0.15, 0.2) is 18.3 Å². The molecule has 210 valence electrons. The number of ether oxygens (including phenoxy) is 1. The molecular formula is C31H34ClN2O6+. The second-order valence-electron chi connectivity index (χ2n) is 12.0. The average Bonchev–Trinajstić information content (AvgIpc) is 3.20. The van der Waals surface area contributed by atoms with Crippen LogP contribution in [-0.4, -0.2) is 64.7 Å². The minimum Gasteiger partial charge on any atom is -0.480 e. The van der Waals surface area contributed by atoms with Gasteiger partial charge in [0.2, 0.25) is 0 Å². The number of β-amino-alcohol motifs (C(OH)–C–C–N with tert-alkyl or cyclic N) is 1. The zero-order valence-electron chi connectivity index (χ0n) is 23.0. The first-order valence-electron chi connectivity index (χ1n) is 13.3. The van der Waals surface area contributed by atoms with Gasteiger partial charge in [-0.1, -0.05) is 74.8 Å². The Bertz CT molecular complexity index is 1500. The number of rotatable bonds is 5. The maximum Gasteiger partial charge on any atom is 0.363 e. The molecule has 2 N–H and O–H groups in total. The van der Waals surface area contributed by atoms with Gasteiger partial charge < -0.3 is 14.9 Å². The van der Waals surface area contributed by atoms with Crippen molar-refractivity contribution in [2.45, 2.75) is 45.9 Å². The van der Waals surface area contributed by atoms with Crippen LogP contribution in [0.5, 0.6) is 0 Å². The number of fused-ring (bicyclic) bond motifs is 2. The number of amides is 1. The summed E-state index contributed by atoms with van der Waals surface area (Å²) in [7, 11) is 0. The lowest BCUT2D eigenvalue weighted by Crippen LogP contribution is -2.71. The number of benzene rings is 3. The van der Waals surface area contributed by atoms with Gasteiger partial charge in [0.25, 0.3) is 0 Å². The number of hydrogen-bond acceptors (Lipinski definition) is 6. The molecule has 0 radical (unpaired) electrons. The largest absolute Gasteiger partial charge is 0.480 e. The first-order chi connectivity index (χ1) is 18.8. The van der Waals surface area contributed by atoms with Crippen molar-refractivity contribution in [3.63, 3.8) is 0 Å². The summed E-state index contributed by atoms with van der Waals surface area (Å²) in [6, 6.07) is 17.6. The second-order valence-corrected chi connectivity index (χ2v) is 12.4. The molecule has 0 aliphatic carbocycles. The number of carbonyl (C=O) groups is 3. The van der Waals surface area contributed by atoms with Crippen LogP contribution in [0.25, 0.3) is 10.8 Å². The Labute approximate surface area is 238 Å². The van der Waals surface area contributed by atoms with Gasteiger partial charge in [0, 0.05) is 16.5 Å². The predicted molar refractivity (Wildman–Crippen MR) is 153 cm³/mol. The molecule has 0 aromatic heterocycles. The Morgan fingerprint density at radius 1 is 1.07 bits per heavy atom. The van der Waals surface area contributed by atoms with Crippen LogP contribution in [0.15, 0.2) is 60.7 Å². The molecule has 9 heteroatoms. The minimum atomic E-state index is -1.42. The van der Waals surface area contributed by atoms with E-state index in [2.05, 4.69) is 0 Å². The fraction of sp³-hybridized carbons (Fsp3) is 0.387. The fourth-order valence-electron chi connectivity index (χ4n) is 6.47. The molecule has 1 saturated heterocycles. The van der Waals surface area contributed by atoms with Crippen LogP contribution < -0.4 is 4.59 Å². The monoisotopic (exact) mass is 565 g/mol. The molecule has 0 spiro atoms. The van der Waals surface area contributed by atoms with Crippen molar-refractivity contribution in [2.75, 3.05) is 19.7 Å². The van der Waals surface area contributed by atoms with Crippen LogP contribution in [0.4, 0.5) is 5.69 Å². The quantitative estimate of drug-likeness (QED) is 0.430. The third kappa shape index (κ3) is 4.74. The van der Waals surface area contributed by atoms with Gasteiger partial charge in [-0.3, -0.25) is 9.59 Å². The van der Waals surface area contributed by atoms with E-state index < -0.39 is 45.9 Å². The Morgan fingerprint density at radius 3 is 2.45 bits per heavy atom. The molecule has 0 unspecified atom stereocenters. The lowest BCUT2D eigenvalue weighted by Gasteiger charge is -2.45. The maximum absolute atomic E-state index is 14.5. The minimum absolute atomic E-state index is 0.174. The molecule has 1 fully saturated rings. The number of halogens is 1. The molecule has 8 nitrogen and oxygen atoms in total. The fourth-order valence-corrected chi connectivity index (χ4v) is 6.65. The summed E-state index contributed by atoms with van der Waals surface area (Å²) in [5, 5.41) is 25.3. The molecule has 2 aliphatic heterocycles. The number of quaternary nitrogens is 1. The standard InChI is InChI=1S/C31H33ClN2O6/c1-18(35)27-25(36)15-33(28(27)30(38)39)34(17-31(2,3)4)24-13-12-20(32)14-23(24)29(40-16-26(34)37)22-11-7-9-19-8-5-6-10-21(19)22/h5-14,25,27-29,36H,15-17H2,1-4H3/p+1/t25-,27+,28+,29-,34-/m0/s1. The summed E-state index contributed by atoms with van der Waals surface area (Å²) in [4.78, 5) is 39.8. The smallest absolute Gasteiger partial charge is 0.363 e. The maximum atomic E-state index is 14.5. The van der Waals surface area contributed by atoms with E-state index in [0.717, 1.165) is 16.3 Å². The van der Waals surface area contributed by atoms with Gasteiger partial charge in [-0.25, -0.2) is 4.79 Å². The molecule has 3 aromatic rings. The van der Waals surface area contributed by atoms with Crippen molar-refractivity contribution in [1.29, 1.82) is 0 Å². The van der Waals surface area contributed by atoms with E-state index in [1.165, 1.54) is 11.9 Å². The van der Waals surface area contributed by atoms with Crippen LogP contribution in [-0.2, 0) is 19.1 Å². The van der Waals surface area contributed by atoms with Gasteiger partial charge in [0.1, 0.15) is 18.4 Å². The van der Waals surface area contributed by atoms with Gasteiger partial charge >= 0.3 is 11.9 Å². The SMILES string of the molecule is CC(=O)[C@@H]1[C@@H](O)CN([N@+]2(CC(C)(C)C)C(=O)CO[C@@H](c3cccc4ccccc34)c3cc(Cl)ccc32)[C@H]1C(=O)O. The van der Waals surface area contributed by atoms with Crippen molar-refractivity contribution >= 4 is 45.7 Å². The van der Waals surface area contributed by atoms with Crippen LogP contribution in [0.2, 0.25) is 5.02 Å². The summed E-state index contributed by atoms with van der Waals surface area (Å²) in [6.07, 6.45) is -1.93. The summed E-state index contributed by atoms with van der Waals surface area (Å²) >= 11 is 6.55. The van der Waals surface area contributed by atoms with Crippen LogP contribution in [0.1, 0.15) is 44.9 Å². The third-order valence-electron chi connectivity index (χ3n) is 7.88. The molecule has 5 rings (SSSR count). The number of hydrogen-bond donors (Lipinski definition) is 2. The Kier molecular flexibility index (Phi) is 7.35. The summed E-state index contributed by atoms with van der Waals surface area (Å²) < 4.78 is 5.87. The van der Waals surface area contributed by atoms with Crippen LogP contribution in [0, 0.1) is 11.3 Å². The average molecular weight is 566 g/mol. The summed E-state index contributed by atoms with van der Waals surface area (Å²) in [6.45, 7) is 6.85. The Morgan fingerprint density at radius 2 is 1.77 bits per heavy atom. The van der Waals surface area contributed by atoms with Crippen LogP contribution in [0.3, 0.4) is 0 Å². The molecule has 0 bridgehead atoms. The van der Waals surface area contributed by atoms with E-state index in [-0.39, 0.29) is 25.6 Å². The lowest BCUT2D eigenvalue weighted by atomic mass is 9.91. The molecule has 2 aliphatic rings. The Balaban J connectivity index is 1.81. The molecule has 40 heavy (non-hydrogen) atoms. The number of carboxylic acids is 1. The van der Waals surface area contributed by atoms with Crippen molar-refractivity contribution in [1.82, 2.24) is 9.60 Å². The van der Waals surface area contributed by atoms with E-state index in [1.807, 2.05) is 63.2 Å². The normalized spacial score (nSPS) is 27.4. The van der Waals surface area contributed by atoms with Crippen molar-refractivity contribution in [2.24, 2.45) is 11.3 Å². The zero-order chi connectivity index (χ0) is 29.0. The number of Topliss-reactive ketones (excluding diaryl/α,β-unsaturated/α-hetero) is 1. The first-order valence-corrected chi connectivity index (χ1v) is 13.7. The highest BCUT2D eigenvalue weighted by Crippen LogP contribution is 2.47. The molecule has 5 atom stereocenters. The molecule has 0 saturated carbocycles. The third-order valence-corrected chi connectivity index (χ3v) is 8.11. The van der Waals surface area contributed by atoms with E-state index in [9.17, 15) is 24.6 Å². The number of carbonyl (C=O) groups excluding carboxylic acids is 2. The highest BCUT2D eigenvalue weighted by atomic mass is 35.5. The lowest BCUT2D eigenvalue weighted by molar-refractivity contribution is -0.166. The van der Waals surface area contributed by atoms with Crippen molar-refractivity contribution in [3.05, 3.63) is 76.8 Å². The zero-order valence-corrected chi connectivity index (χ0v) is 23.8. The Hall–Kier alpha value is -3.14. The van der Waals surface area contributed by atoms with Gasteiger partial charge in [-0.05, 0) is 35.4 Å². The molecule has 1 amide bonds. The highest BCUT2D eigenvalue weighted by molar-refractivity contribution is 6.30. The molecule has 3 aromatic carbocycles. The van der Waals surface area contributed by atoms with E-state index >= 15 is 0 Å². The van der Waals surface area contributed by atoms with E-state index in [4.69, 9.17) is 16.3 Å².